The van der Waals surface area contributed by atoms with E-state index in [2.05, 4.69) is 174 Å². The molecule has 0 radical (unpaired) electrons. The van der Waals surface area contributed by atoms with E-state index in [-0.39, 0.29) is 101 Å². The molecule has 0 amide bonds. The molecule has 20 aliphatic rings. The molecule has 8 saturated carbocycles. The number of aliphatic hydroxyl groups is 2. The number of ether oxygens (including phenoxy) is 1. The Balaban J connectivity index is 0.000000117. The first-order chi connectivity index (χ1) is 65.6. The van der Waals surface area contributed by atoms with Gasteiger partial charge in [0.1, 0.15) is 63.3 Å². The van der Waals surface area contributed by atoms with Crippen LogP contribution in [-0.2, 0) is 43.0 Å². The molecule has 0 aliphatic heterocycles. The van der Waals surface area contributed by atoms with E-state index >= 15 is 0 Å². The Morgan fingerprint density at radius 2 is 0.841 bits per heavy atom. The number of Topliss-reactive ketones (excluding diaryl/α,β-unsaturated/α-hetero) is 3. The number of terminal acetylenes is 2. The van der Waals surface area contributed by atoms with Crippen molar-refractivity contribution in [1.29, 1.82) is 0 Å². The van der Waals surface area contributed by atoms with Crippen LogP contribution >= 0.6 is 0 Å². The van der Waals surface area contributed by atoms with Crippen LogP contribution in [-0.4, -0.2) is 69.0 Å². The first kappa shape index (κ1) is 99.6. The molecule has 4 aromatic heterocycles. The van der Waals surface area contributed by atoms with Crippen molar-refractivity contribution in [2.45, 2.75) is 312 Å². The van der Waals surface area contributed by atoms with Gasteiger partial charge in [-0.25, -0.2) is 0 Å². The van der Waals surface area contributed by atoms with Crippen molar-refractivity contribution >= 4 is 40.5 Å². The van der Waals surface area contributed by atoms with Crippen molar-refractivity contribution < 1.29 is 70.8 Å². The zero-order chi connectivity index (χ0) is 99.0. The average Bonchev–Trinajstić information content (AvgIpc) is 1.52. The summed E-state index contributed by atoms with van der Waals surface area (Å²) in [6.07, 6.45) is 70.9. The number of furan rings is 4. The van der Waals surface area contributed by atoms with Crippen LogP contribution < -0.4 is 0 Å². The molecule has 25 atom stereocenters. The molecule has 20 aliphatic carbocycles. The number of aryl methyl sites for hydroxylation is 4. The Kier molecular flexibility index (Phi) is 26.6. The number of rotatable bonds is 5. The van der Waals surface area contributed by atoms with Gasteiger partial charge in [-0.05, 0) is 306 Å². The first-order valence-electron chi connectivity index (χ1n) is 51.6. The second-order valence-corrected chi connectivity index (χ2v) is 46.9. The molecule has 13 unspecified atom stereocenters. The van der Waals surface area contributed by atoms with Crippen LogP contribution in [0.3, 0.4) is 0 Å². The molecule has 0 aromatic carbocycles. The van der Waals surface area contributed by atoms with Gasteiger partial charge in [-0.3, -0.25) is 33.6 Å². The molecular weight excluding hydrogens is 1720 g/mol. The van der Waals surface area contributed by atoms with Crippen LogP contribution in [0.2, 0.25) is 0 Å². The minimum absolute atomic E-state index is 0.0142. The van der Waals surface area contributed by atoms with Crippen LogP contribution in [0.5, 0.6) is 0 Å². The van der Waals surface area contributed by atoms with E-state index in [4.69, 9.17) is 33.5 Å². The molecule has 2 N–H and O–H groups in total. The van der Waals surface area contributed by atoms with E-state index in [1.807, 2.05) is 82.3 Å². The van der Waals surface area contributed by atoms with Crippen molar-refractivity contribution in [3.8, 4) is 25.2 Å². The summed E-state index contributed by atoms with van der Waals surface area (Å²) in [5.41, 5.74) is 11.1. The van der Waals surface area contributed by atoms with E-state index in [1.165, 1.54) is 50.2 Å². The molecule has 4 aromatic rings. The summed E-state index contributed by atoms with van der Waals surface area (Å²) in [7, 11) is 1.77. The second-order valence-electron chi connectivity index (χ2n) is 46.9. The summed E-state index contributed by atoms with van der Waals surface area (Å²) >= 11 is 0. The van der Waals surface area contributed by atoms with Crippen molar-refractivity contribution in [2.75, 3.05) is 7.11 Å². The van der Waals surface area contributed by atoms with Gasteiger partial charge in [0.05, 0.1) is 24.7 Å². The average molecular weight is 1860 g/mol. The molecule has 138 heavy (non-hydrogen) atoms. The van der Waals surface area contributed by atoms with Gasteiger partial charge in [-0.2, -0.15) is 0 Å². The molecule has 15 nitrogen and oxygen atoms in total. The number of carbonyl (C=O) groups excluding carboxylic acids is 7. The number of hydrogen-bond acceptors (Lipinski definition) is 14. The van der Waals surface area contributed by atoms with Crippen LogP contribution in [0.25, 0.3) is 0 Å². The fourth-order valence-electron chi connectivity index (χ4n) is 31.8. The van der Waals surface area contributed by atoms with E-state index < -0.39 is 11.2 Å². The fourth-order valence-corrected chi connectivity index (χ4v) is 31.8. The van der Waals surface area contributed by atoms with Gasteiger partial charge >= 0.3 is 11.3 Å². The van der Waals surface area contributed by atoms with Crippen LogP contribution in [0.4, 0.5) is 0 Å². The van der Waals surface area contributed by atoms with Crippen molar-refractivity contribution in [3.05, 3.63) is 255 Å². The molecule has 0 spiro atoms. The molecule has 0 saturated heterocycles. The van der Waals surface area contributed by atoms with Gasteiger partial charge in [0.2, 0.25) is 0 Å². The number of allylic oxidation sites excluding steroid dienone is 24. The Hall–Kier alpha value is -9.99. The molecule has 15 heteroatoms. The van der Waals surface area contributed by atoms with Gasteiger partial charge in [0, 0.05) is 129 Å². The third kappa shape index (κ3) is 16.0. The summed E-state index contributed by atoms with van der Waals surface area (Å²) in [5, 5.41) is 22.7. The number of ketones is 7. The molecule has 4 heterocycles. The van der Waals surface area contributed by atoms with Gasteiger partial charge in [-0.1, -0.05) is 174 Å². The summed E-state index contributed by atoms with van der Waals surface area (Å²) in [6.45, 7) is 39.0. The summed E-state index contributed by atoms with van der Waals surface area (Å²) in [4.78, 5) is 85.8. The van der Waals surface area contributed by atoms with Gasteiger partial charge in [-0.15, -0.1) is 25.8 Å². The zero-order valence-electron chi connectivity index (χ0n) is 84.4. The van der Waals surface area contributed by atoms with Crippen LogP contribution in [0, 0.1) is 173 Å². The molecule has 728 valence electrons. The minimum atomic E-state index is -1.05. The van der Waals surface area contributed by atoms with Gasteiger partial charge in [0.15, 0.2) is 23.1 Å². The Bertz CT molecular complexity index is 6080. The fraction of sp³-hybridized carbons (Fsp3) is 0.561. The van der Waals surface area contributed by atoms with Crippen molar-refractivity contribution in [1.82, 2.24) is 0 Å². The molecule has 8 fully saturated rings. The Labute approximate surface area is 818 Å². The van der Waals surface area contributed by atoms with E-state index in [0.717, 1.165) is 194 Å². The number of methoxy groups -OCH3 is 1. The predicted molar refractivity (Wildman–Crippen MR) is 535 cm³/mol. The van der Waals surface area contributed by atoms with Crippen LogP contribution in [0.1, 0.15) is 314 Å². The molecular formula is C123H146O15. The third-order valence-electron chi connectivity index (χ3n) is 40.6. The maximum atomic E-state index is 12.7. The number of fused-ring (bicyclic) bond motifs is 25. The van der Waals surface area contributed by atoms with E-state index in [0.29, 0.717) is 109 Å². The topological polar surface area (TPSA) is 242 Å². The monoisotopic (exact) mass is 1860 g/mol. The maximum absolute atomic E-state index is 12.7. The summed E-state index contributed by atoms with van der Waals surface area (Å²) in [5.74, 6) is 17.7. The van der Waals surface area contributed by atoms with Crippen molar-refractivity contribution in [2.24, 2.45) is 113 Å². The Morgan fingerprint density at radius 1 is 0.435 bits per heavy atom. The van der Waals surface area contributed by atoms with Crippen molar-refractivity contribution in [3.63, 3.8) is 0 Å². The second kappa shape index (κ2) is 36.8. The number of carbonyl (C=O) groups is 7. The third-order valence-corrected chi connectivity index (χ3v) is 40.6. The standard InChI is InChI=1S/C26H32O3.C26H30O3.C24H28O3.C20H26O2.C19H22O2.C5H6O.C2H2.CO/c2*1-5-26(28)13-10-21-23-19(22-7-6-16(2)29-22)15-17-14-18(27)8-11-24(17,3)20(23)9-12-25(21,26)4;1-14-4-6-20(27-14)17-13-15-12-16(25)8-10-23(15,2)19-9-11-24(3)18(22(17)19)5-7-21(24)26;1-19-10-8-14(22-3)12-13(19)4-5-15-16-6-7-18(21)20(16,2)11-9-17(15)19;1-18-9-7-13(20)11-12(18)3-4-14-15-5-6-17(21)19(15,2)10-8-16(14)18;1-5-3-2-4-6-5;2*1-2/h5-7,9,14,19,21,23,28H,1,8,10-13,15H2,2-4H3;1,6-7,9,14,19,21,23,28H,8,10-13,15H2,2-4H3;4,6,9,12,17-18,22H,5,7-8,10-11,13H2,1-3H3;4,9,12,15-16H,5-8,10-11H2,1-3H3;3-4,8,11,14-15H,5-7,9-10H2,1-2H3;2-4H,1H3;1-2H;/t2*19?,21?,23?,24-,25-,26-;17?,18?,22?,23-,24-;15?,16?,19-,20-;14?,15?,18-,19-;;;/m00000.../s1. The summed E-state index contributed by atoms with van der Waals surface area (Å²) in [6, 6.07) is 16.2. The first-order valence-corrected chi connectivity index (χ1v) is 51.6. The van der Waals surface area contributed by atoms with Gasteiger partial charge in [0.25, 0.3) is 0 Å². The summed E-state index contributed by atoms with van der Waals surface area (Å²) < 4.78 is 36.2. The normalized spacial score (nSPS) is 40.4. The zero-order valence-corrected chi connectivity index (χ0v) is 84.4. The predicted octanol–water partition coefficient (Wildman–Crippen LogP) is 26.2. The molecule has 0 bridgehead atoms. The molecule has 24 rings (SSSR count). The van der Waals surface area contributed by atoms with Crippen LogP contribution in [0.15, 0.2) is 226 Å². The van der Waals surface area contributed by atoms with E-state index in [9.17, 15) is 43.8 Å². The SMILES string of the molecule is C#C.C#C[C@]1(O)CCC2C3C(=CC[C@@]21C)[C@@]1(C)CCC(=O)C=C1CC3c1ccc(C)o1.C=C[C@]1(O)CCC2C3C(=CC[C@@]21C)[C@@]1(C)CCC(=O)C=C1CC3c1ccc(C)o1.COC1=CC2=CCC3C(=CC[C@]4(C)C(=O)CCC34)[C@@]2(C)CC1.C[C@]12CCC(=O)C=C1C=CC1C2=CC[C@]2(C)C(=O)CCC12.Cc1ccc(C2CC3=CC(=O)CC[C@]3(C)C3=CC[C@]4(C)C(=O)CCC4C32)o1.Cc1ccco1.[C-]#[O+]. The quantitative estimate of drug-likeness (QED) is 0.0817. The van der Waals surface area contributed by atoms with Gasteiger partial charge < -0.3 is 32.6 Å². The number of hydrogen-bond donors (Lipinski definition) is 2. The Morgan fingerprint density at radius 3 is 1.29 bits per heavy atom. The van der Waals surface area contributed by atoms with E-state index in [1.54, 1.807) is 25.0 Å².